The van der Waals surface area contributed by atoms with Gasteiger partial charge < -0.3 is 5.11 Å². The highest BCUT2D eigenvalue weighted by Crippen LogP contribution is 2.23. The van der Waals surface area contributed by atoms with Crippen LogP contribution in [0.1, 0.15) is 0 Å². The number of hydrogen-bond acceptors (Lipinski definition) is 3. The zero-order valence-corrected chi connectivity index (χ0v) is 4.70. The number of para-hydroxylation sites is 2. The van der Waals surface area contributed by atoms with Gasteiger partial charge in [0.1, 0.15) is 11.4 Å². The van der Waals surface area contributed by atoms with E-state index in [0.717, 1.165) is 0 Å². The fourth-order valence-electron chi connectivity index (χ4n) is 0.559. The molecule has 1 rings (SSSR count). The lowest BCUT2D eigenvalue weighted by Crippen LogP contribution is -1.62. The van der Waals surface area contributed by atoms with Gasteiger partial charge in [-0.05, 0) is 12.1 Å². The zero-order chi connectivity index (χ0) is 6.69. The Morgan fingerprint density at radius 1 is 1.33 bits per heavy atom. The highest BCUT2D eigenvalue weighted by Gasteiger charge is 1.92. The van der Waals surface area contributed by atoms with Crippen LogP contribution in [-0.4, -0.2) is 5.11 Å². The highest BCUT2D eigenvalue weighted by molar-refractivity contribution is 5.49. The van der Waals surface area contributed by atoms with E-state index in [-0.39, 0.29) is 5.75 Å². The van der Waals surface area contributed by atoms with Crippen molar-refractivity contribution in [2.24, 2.45) is 5.11 Å². The smallest absolute Gasteiger partial charge is 0.143 e. The van der Waals surface area contributed by atoms with E-state index in [1.165, 1.54) is 6.07 Å². The molecule has 0 spiro atoms. The maximum Gasteiger partial charge on any atom is 0.143 e. The SMILES string of the molecule is N=Nc1ccccc1O. The molecule has 0 aliphatic heterocycles. The van der Waals surface area contributed by atoms with Gasteiger partial charge in [0.15, 0.2) is 0 Å². The summed E-state index contributed by atoms with van der Waals surface area (Å²) >= 11 is 0. The lowest BCUT2D eigenvalue weighted by molar-refractivity contribution is 0.476. The van der Waals surface area contributed by atoms with Crippen LogP contribution in [0.5, 0.6) is 5.75 Å². The Hall–Kier alpha value is -1.38. The first-order chi connectivity index (χ1) is 4.34. The molecule has 0 aliphatic carbocycles. The molecular weight excluding hydrogens is 116 g/mol. The summed E-state index contributed by atoms with van der Waals surface area (Å²) in [6.45, 7) is 0. The highest BCUT2D eigenvalue weighted by atomic mass is 16.3. The minimum atomic E-state index is 0.0486. The number of hydrogen-bond donors (Lipinski definition) is 2. The molecule has 46 valence electrons. The van der Waals surface area contributed by atoms with Crippen LogP contribution in [0, 0.1) is 5.53 Å². The molecule has 0 amide bonds. The Labute approximate surface area is 52.5 Å². The fraction of sp³-hybridized carbons (Fsp3) is 0. The van der Waals surface area contributed by atoms with Crippen molar-refractivity contribution in [3.63, 3.8) is 0 Å². The van der Waals surface area contributed by atoms with Crippen LogP contribution < -0.4 is 0 Å². The lowest BCUT2D eigenvalue weighted by atomic mass is 10.3. The van der Waals surface area contributed by atoms with Crippen LogP contribution in [0.25, 0.3) is 0 Å². The second kappa shape index (κ2) is 2.26. The van der Waals surface area contributed by atoms with Crippen LogP contribution in [0.2, 0.25) is 0 Å². The first-order valence-corrected chi connectivity index (χ1v) is 2.50. The van der Waals surface area contributed by atoms with E-state index in [1.54, 1.807) is 18.2 Å². The average Bonchev–Trinajstić information content (AvgIpc) is 1.89. The first kappa shape index (κ1) is 5.75. The number of phenolic OH excluding ortho intramolecular Hbond substituents is 1. The summed E-state index contributed by atoms with van der Waals surface area (Å²) in [4.78, 5) is 0. The molecule has 0 saturated heterocycles. The second-order valence-electron chi connectivity index (χ2n) is 1.60. The van der Waals surface area contributed by atoms with Crippen molar-refractivity contribution in [1.82, 2.24) is 0 Å². The summed E-state index contributed by atoms with van der Waals surface area (Å²) in [6.07, 6.45) is 0. The largest absolute Gasteiger partial charge is 0.506 e. The molecule has 0 heterocycles. The second-order valence-corrected chi connectivity index (χ2v) is 1.60. The van der Waals surface area contributed by atoms with Crippen molar-refractivity contribution in [2.45, 2.75) is 0 Å². The Morgan fingerprint density at radius 2 is 2.00 bits per heavy atom. The van der Waals surface area contributed by atoms with Crippen LogP contribution in [0.4, 0.5) is 5.69 Å². The summed E-state index contributed by atoms with van der Waals surface area (Å²) in [6, 6.07) is 6.47. The molecule has 1 aromatic rings. The number of aromatic hydroxyl groups is 1. The van der Waals surface area contributed by atoms with Crippen molar-refractivity contribution >= 4 is 5.69 Å². The average molecular weight is 122 g/mol. The van der Waals surface area contributed by atoms with Crippen molar-refractivity contribution in [1.29, 1.82) is 5.53 Å². The molecule has 3 nitrogen and oxygen atoms in total. The molecule has 0 saturated carbocycles. The predicted octanol–water partition coefficient (Wildman–Crippen LogP) is 2.05. The van der Waals surface area contributed by atoms with Gasteiger partial charge in [0.05, 0.1) is 0 Å². The molecule has 0 aromatic heterocycles. The lowest BCUT2D eigenvalue weighted by Gasteiger charge is -1.91. The van der Waals surface area contributed by atoms with Crippen LogP contribution in [-0.2, 0) is 0 Å². The van der Waals surface area contributed by atoms with E-state index in [2.05, 4.69) is 5.11 Å². The van der Waals surface area contributed by atoms with Crippen molar-refractivity contribution in [3.8, 4) is 5.75 Å². The van der Waals surface area contributed by atoms with Crippen molar-refractivity contribution < 1.29 is 5.11 Å². The first-order valence-electron chi connectivity index (χ1n) is 2.50. The van der Waals surface area contributed by atoms with Gasteiger partial charge >= 0.3 is 0 Å². The van der Waals surface area contributed by atoms with Crippen molar-refractivity contribution in [2.75, 3.05) is 0 Å². The van der Waals surface area contributed by atoms with Gasteiger partial charge in [-0.25, -0.2) is 5.53 Å². The standard InChI is InChI=1S/C6H6N2O/c7-8-5-3-1-2-4-6(5)9/h1-4,7,9H. The van der Waals surface area contributed by atoms with Crippen LogP contribution in [0.3, 0.4) is 0 Å². The molecule has 0 unspecified atom stereocenters. The molecule has 0 bridgehead atoms. The van der Waals surface area contributed by atoms with Crippen LogP contribution >= 0.6 is 0 Å². The fourth-order valence-corrected chi connectivity index (χ4v) is 0.559. The molecule has 3 heteroatoms. The van der Waals surface area contributed by atoms with E-state index in [0.29, 0.717) is 5.69 Å². The predicted molar refractivity (Wildman–Crippen MR) is 32.9 cm³/mol. The summed E-state index contributed by atoms with van der Waals surface area (Å²) in [7, 11) is 0. The van der Waals surface area contributed by atoms with E-state index in [9.17, 15) is 0 Å². The molecule has 0 atom stereocenters. The maximum atomic E-state index is 8.90. The monoisotopic (exact) mass is 122 g/mol. The summed E-state index contributed by atoms with van der Waals surface area (Å²) in [5.74, 6) is 0.0486. The Morgan fingerprint density at radius 3 is 2.44 bits per heavy atom. The minimum absolute atomic E-state index is 0.0486. The Kier molecular flexibility index (Phi) is 1.44. The van der Waals surface area contributed by atoms with Crippen LogP contribution in [0.15, 0.2) is 29.4 Å². The molecule has 0 fully saturated rings. The van der Waals surface area contributed by atoms with E-state index < -0.39 is 0 Å². The molecular formula is C6H6N2O. The third kappa shape index (κ3) is 1.05. The van der Waals surface area contributed by atoms with Crippen molar-refractivity contribution in [3.05, 3.63) is 24.3 Å². The van der Waals surface area contributed by atoms with Gasteiger partial charge in [-0.2, -0.15) is 5.11 Å². The van der Waals surface area contributed by atoms with Gasteiger partial charge in [0.2, 0.25) is 0 Å². The third-order valence-corrected chi connectivity index (χ3v) is 1.00. The third-order valence-electron chi connectivity index (χ3n) is 1.00. The Balaban J connectivity index is 3.15. The van der Waals surface area contributed by atoms with Gasteiger partial charge in [0.25, 0.3) is 0 Å². The summed E-state index contributed by atoms with van der Waals surface area (Å²) < 4.78 is 0. The molecule has 9 heavy (non-hydrogen) atoms. The van der Waals surface area contributed by atoms with E-state index >= 15 is 0 Å². The van der Waals surface area contributed by atoms with Gasteiger partial charge in [-0.15, -0.1) is 0 Å². The maximum absolute atomic E-state index is 8.90. The number of rotatable bonds is 1. The van der Waals surface area contributed by atoms with Gasteiger partial charge in [-0.3, -0.25) is 0 Å². The zero-order valence-electron chi connectivity index (χ0n) is 4.70. The topological polar surface area (TPSA) is 56.4 Å². The normalized spacial score (nSPS) is 8.89. The minimum Gasteiger partial charge on any atom is -0.506 e. The molecule has 1 aromatic carbocycles. The van der Waals surface area contributed by atoms with Gasteiger partial charge in [0, 0.05) is 0 Å². The van der Waals surface area contributed by atoms with Gasteiger partial charge in [-0.1, -0.05) is 12.1 Å². The molecule has 0 aliphatic rings. The number of phenols is 1. The van der Waals surface area contributed by atoms with E-state index in [1.807, 2.05) is 0 Å². The van der Waals surface area contributed by atoms with E-state index in [4.69, 9.17) is 10.6 Å². The summed E-state index contributed by atoms with van der Waals surface area (Å²) in [5.41, 5.74) is 6.85. The number of nitrogens with zero attached hydrogens (tertiary/aromatic N) is 1. The summed E-state index contributed by atoms with van der Waals surface area (Å²) in [5, 5.41) is 12.0. The number of nitrogens with one attached hydrogen (secondary N) is 1. The Bertz CT molecular complexity index is 222. The molecule has 0 radical (unpaired) electrons. The number of benzene rings is 1. The quantitative estimate of drug-likeness (QED) is 0.550. The molecule has 2 N–H and O–H groups in total.